The number of nitro benzene ring substituents is 1. The normalized spacial score (nSPS) is 14.2. The minimum absolute atomic E-state index is 0.0210. The van der Waals surface area contributed by atoms with Crippen molar-refractivity contribution in [3.8, 4) is 11.5 Å². The molecule has 1 saturated heterocycles. The SMILES string of the molecule is CCOc1cc(/C=C2/NC(=O)N(c3ccc(Cl)cc3)C2=O)cc(Cl)c1OCc1ccc([N+](=O)[O-])cc1. The summed E-state index contributed by atoms with van der Waals surface area (Å²) in [6, 6.07) is 14.9. The summed E-state index contributed by atoms with van der Waals surface area (Å²) in [5.74, 6) is 0.0867. The van der Waals surface area contributed by atoms with Crippen molar-refractivity contribution in [1.29, 1.82) is 0 Å². The standard InChI is InChI=1S/C25H19Cl2N3O6/c1-2-35-22-13-16(11-20(27)23(22)36-14-15-3-7-19(8-4-15)30(33)34)12-21-24(31)29(25(32)28-21)18-9-5-17(26)6-10-18/h3-13H,2,14H2,1H3,(H,28,32)/b21-12+. The largest absolute Gasteiger partial charge is 0.490 e. The van der Waals surface area contributed by atoms with Crippen molar-refractivity contribution in [3.63, 3.8) is 0 Å². The van der Waals surface area contributed by atoms with Crippen LogP contribution in [0.5, 0.6) is 11.5 Å². The second-order valence-corrected chi connectivity index (χ2v) is 8.42. The molecule has 0 radical (unpaired) electrons. The fourth-order valence-electron chi connectivity index (χ4n) is 3.47. The maximum atomic E-state index is 12.9. The minimum atomic E-state index is -0.590. The van der Waals surface area contributed by atoms with Crippen molar-refractivity contribution in [2.24, 2.45) is 0 Å². The van der Waals surface area contributed by atoms with Gasteiger partial charge in [0.2, 0.25) is 0 Å². The van der Waals surface area contributed by atoms with Crippen molar-refractivity contribution in [1.82, 2.24) is 5.32 Å². The second-order valence-electron chi connectivity index (χ2n) is 7.58. The first-order valence-electron chi connectivity index (χ1n) is 10.7. The van der Waals surface area contributed by atoms with E-state index in [-0.39, 0.29) is 28.8 Å². The van der Waals surface area contributed by atoms with Gasteiger partial charge < -0.3 is 14.8 Å². The number of non-ortho nitro benzene ring substituents is 1. The number of rotatable bonds is 8. The molecule has 11 heteroatoms. The summed E-state index contributed by atoms with van der Waals surface area (Å²) in [7, 11) is 0. The molecule has 1 N–H and O–H groups in total. The van der Waals surface area contributed by atoms with Gasteiger partial charge in [0.05, 0.1) is 22.2 Å². The third kappa shape index (κ3) is 5.42. The number of nitro groups is 1. The lowest BCUT2D eigenvalue weighted by Crippen LogP contribution is -2.30. The highest BCUT2D eigenvalue weighted by Crippen LogP contribution is 2.38. The average molecular weight is 528 g/mol. The van der Waals surface area contributed by atoms with Gasteiger partial charge in [-0.1, -0.05) is 23.2 Å². The molecule has 3 aromatic rings. The lowest BCUT2D eigenvalue weighted by Gasteiger charge is -2.15. The number of carbonyl (C=O) groups excluding carboxylic acids is 2. The number of carbonyl (C=O) groups is 2. The fraction of sp³-hybridized carbons (Fsp3) is 0.120. The van der Waals surface area contributed by atoms with Crippen LogP contribution in [0, 0.1) is 10.1 Å². The van der Waals surface area contributed by atoms with E-state index in [1.54, 1.807) is 55.5 Å². The number of amides is 3. The number of halogens is 2. The third-order valence-corrected chi connectivity index (χ3v) is 5.67. The van der Waals surface area contributed by atoms with Crippen molar-refractivity contribution in [2.45, 2.75) is 13.5 Å². The highest BCUT2D eigenvalue weighted by Gasteiger charge is 2.35. The van der Waals surface area contributed by atoms with Crippen molar-refractivity contribution in [3.05, 3.63) is 97.6 Å². The van der Waals surface area contributed by atoms with Crippen LogP contribution >= 0.6 is 23.2 Å². The first-order chi connectivity index (χ1) is 17.3. The molecule has 1 aliphatic heterocycles. The Labute approximate surface area is 216 Å². The number of nitrogens with zero attached hydrogens (tertiary/aromatic N) is 2. The maximum Gasteiger partial charge on any atom is 0.333 e. The number of ether oxygens (including phenoxy) is 2. The number of urea groups is 1. The van der Waals surface area contributed by atoms with Gasteiger partial charge in [0.25, 0.3) is 11.6 Å². The van der Waals surface area contributed by atoms with E-state index in [2.05, 4.69) is 5.32 Å². The van der Waals surface area contributed by atoms with Crippen LogP contribution < -0.4 is 19.7 Å². The second kappa shape index (κ2) is 10.7. The average Bonchev–Trinajstić information content (AvgIpc) is 3.12. The lowest BCUT2D eigenvalue weighted by atomic mass is 10.1. The molecule has 0 bridgehead atoms. The number of anilines is 1. The summed E-state index contributed by atoms with van der Waals surface area (Å²) in [4.78, 5) is 36.7. The monoisotopic (exact) mass is 527 g/mol. The number of benzene rings is 3. The molecular formula is C25H19Cl2N3O6. The van der Waals surface area contributed by atoms with Crippen LogP contribution in [0.15, 0.2) is 66.4 Å². The predicted molar refractivity (Wildman–Crippen MR) is 135 cm³/mol. The van der Waals surface area contributed by atoms with E-state index >= 15 is 0 Å². The fourth-order valence-corrected chi connectivity index (χ4v) is 3.87. The first-order valence-corrected chi connectivity index (χ1v) is 11.5. The zero-order valence-corrected chi connectivity index (χ0v) is 20.4. The first kappa shape index (κ1) is 25.0. The summed E-state index contributed by atoms with van der Waals surface area (Å²) in [5, 5.41) is 14.1. The molecule has 0 saturated carbocycles. The molecule has 3 amide bonds. The van der Waals surface area contributed by atoms with Crippen LogP contribution in [0.25, 0.3) is 6.08 Å². The highest BCUT2D eigenvalue weighted by atomic mass is 35.5. The molecule has 0 spiro atoms. The lowest BCUT2D eigenvalue weighted by molar-refractivity contribution is -0.384. The van der Waals surface area contributed by atoms with Gasteiger partial charge >= 0.3 is 6.03 Å². The van der Waals surface area contributed by atoms with Gasteiger partial charge in [-0.25, -0.2) is 9.69 Å². The summed E-state index contributed by atoms with van der Waals surface area (Å²) in [6.45, 7) is 2.22. The van der Waals surface area contributed by atoms with Gasteiger partial charge in [0.1, 0.15) is 12.3 Å². The van der Waals surface area contributed by atoms with Gasteiger partial charge in [-0.15, -0.1) is 0 Å². The molecule has 0 aliphatic carbocycles. The molecule has 0 aromatic heterocycles. The Balaban J connectivity index is 1.57. The molecule has 1 heterocycles. The molecule has 1 fully saturated rings. The number of hydrogen-bond donors (Lipinski definition) is 1. The van der Waals surface area contributed by atoms with Gasteiger partial charge in [-0.3, -0.25) is 14.9 Å². The molecule has 9 nitrogen and oxygen atoms in total. The predicted octanol–water partition coefficient (Wildman–Crippen LogP) is 5.98. The Hall–Kier alpha value is -4.08. The van der Waals surface area contributed by atoms with Crippen LogP contribution in [0.3, 0.4) is 0 Å². The Morgan fingerprint density at radius 1 is 1.03 bits per heavy atom. The van der Waals surface area contributed by atoms with E-state index in [0.29, 0.717) is 34.2 Å². The van der Waals surface area contributed by atoms with E-state index in [4.69, 9.17) is 32.7 Å². The molecular weight excluding hydrogens is 509 g/mol. The summed E-state index contributed by atoms with van der Waals surface area (Å²) in [5.41, 5.74) is 1.63. The van der Waals surface area contributed by atoms with Crippen LogP contribution in [0.4, 0.5) is 16.2 Å². The molecule has 0 atom stereocenters. The summed E-state index contributed by atoms with van der Waals surface area (Å²) >= 11 is 12.4. The Bertz CT molecular complexity index is 1360. The summed E-state index contributed by atoms with van der Waals surface area (Å²) < 4.78 is 11.5. The topological polar surface area (TPSA) is 111 Å². The van der Waals surface area contributed by atoms with Gasteiger partial charge in [-0.05, 0) is 72.7 Å². The Kier molecular flexibility index (Phi) is 7.42. The molecule has 3 aromatic carbocycles. The van der Waals surface area contributed by atoms with E-state index in [9.17, 15) is 19.7 Å². The number of nitrogens with one attached hydrogen (secondary N) is 1. The Morgan fingerprint density at radius 2 is 1.72 bits per heavy atom. The zero-order chi connectivity index (χ0) is 25.8. The third-order valence-electron chi connectivity index (χ3n) is 5.14. The quantitative estimate of drug-likeness (QED) is 0.167. The van der Waals surface area contributed by atoms with Gasteiger partial charge in [-0.2, -0.15) is 0 Å². The van der Waals surface area contributed by atoms with Crippen LogP contribution in [-0.4, -0.2) is 23.5 Å². The number of hydrogen-bond acceptors (Lipinski definition) is 6. The van der Waals surface area contributed by atoms with E-state index in [1.807, 2.05) is 0 Å². The molecule has 0 unspecified atom stereocenters. The molecule has 36 heavy (non-hydrogen) atoms. The molecule has 184 valence electrons. The molecule has 1 aliphatic rings. The van der Waals surface area contributed by atoms with Crippen LogP contribution in [0.1, 0.15) is 18.1 Å². The van der Waals surface area contributed by atoms with E-state index in [0.717, 1.165) is 4.90 Å². The van der Waals surface area contributed by atoms with Crippen molar-refractivity contribution >= 4 is 52.6 Å². The van der Waals surface area contributed by atoms with Gasteiger partial charge in [0.15, 0.2) is 11.5 Å². The van der Waals surface area contributed by atoms with Crippen molar-refractivity contribution in [2.75, 3.05) is 11.5 Å². The van der Waals surface area contributed by atoms with E-state index in [1.165, 1.54) is 18.2 Å². The van der Waals surface area contributed by atoms with Crippen molar-refractivity contribution < 1.29 is 24.0 Å². The number of imide groups is 1. The van der Waals surface area contributed by atoms with Crippen LogP contribution in [0.2, 0.25) is 10.0 Å². The maximum absolute atomic E-state index is 12.9. The van der Waals surface area contributed by atoms with E-state index < -0.39 is 16.9 Å². The zero-order valence-electron chi connectivity index (χ0n) is 18.9. The molecule has 4 rings (SSSR count). The van der Waals surface area contributed by atoms with Crippen LogP contribution in [-0.2, 0) is 11.4 Å². The Morgan fingerprint density at radius 3 is 2.36 bits per heavy atom. The smallest absolute Gasteiger partial charge is 0.333 e. The van der Waals surface area contributed by atoms with Gasteiger partial charge in [0, 0.05) is 17.2 Å². The summed E-state index contributed by atoms with van der Waals surface area (Å²) in [6.07, 6.45) is 1.49. The highest BCUT2D eigenvalue weighted by molar-refractivity contribution is 6.33. The minimum Gasteiger partial charge on any atom is -0.490 e.